The number of aromatic nitrogens is 1. The van der Waals surface area contributed by atoms with Gasteiger partial charge < -0.3 is 10.2 Å². The number of hydrogen-bond acceptors (Lipinski definition) is 4. The number of nitrogens with zero attached hydrogens (tertiary/aromatic N) is 2. The van der Waals surface area contributed by atoms with E-state index in [9.17, 15) is 0 Å². The van der Waals surface area contributed by atoms with Gasteiger partial charge in [0.1, 0.15) is 0 Å². The summed E-state index contributed by atoms with van der Waals surface area (Å²) < 4.78 is 0. The van der Waals surface area contributed by atoms with Crippen molar-refractivity contribution in [1.82, 2.24) is 10.3 Å². The van der Waals surface area contributed by atoms with Crippen molar-refractivity contribution in [1.29, 1.82) is 0 Å². The lowest BCUT2D eigenvalue weighted by Crippen LogP contribution is -2.36. The summed E-state index contributed by atoms with van der Waals surface area (Å²) in [5.74, 6) is 0.854. The topological polar surface area (TPSA) is 28.2 Å². The molecular weight excluding hydrogens is 206 g/mol. The molecule has 15 heavy (non-hydrogen) atoms. The summed E-state index contributed by atoms with van der Waals surface area (Å²) in [5, 5.41) is 6.60. The first-order valence-electron chi connectivity index (χ1n) is 5.61. The molecule has 0 radical (unpaired) electrons. The average molecular weight is 225 g/mol. The van der Waals surface area contributed by atoms with Crippen molar-refractivity contribution in [3.8, 4) is 0 Å². The zero-order valence-corrected chi connectivity index (χ0v) is 10.3. The van der Waals surface area contributed by atoms with Gasteiger partial charge in [-0.05, 0) is 39.3 Å². The fourth-order valence-corrected chi connectivity index (χ4v) is 2.96. The third kappa shape index (κ3) is 2.69. The lowest BCUT2D eigenvalue weighted by Gasteiger charge is -2.31. The second kappa shape index (κ2) is 4.94. The van der Waals surface area contributed by atoms with Crippen LogP contribution in [-0.4, -0.2) is 31.7 Å². The largest absolute Gasteiger partial charge is 0.348 e. The van der Waals surface area contributed by atoms with Gasteiger partial charge >= 0.3 is 0 Å². The van der Waals surface area contributed by atoms with E-state index in [1.54, 1.807) is 11.3 Å². The number of hydrogen-bond donors (Lipinski definition) is 1. The number of piperidine rings is 1. The SMILES string of the molecule is CNCC1CCN(c2nc(C)cs2)CC1. The molecular formula is C11H19N3S. The molecule has 3 nitrogen and oxygen atoms in total. The van der Waals surface area contributed by atoms with Crippen LogP contribution < -0.4 is 10.2 Å². The van der Waals surface area contributed by atoms with Crippen molar-refractivity contribution in [2.45, 2.75) is 19.8 Å². The number of rotatable bonds is 3. The molecule has 0 saturated carbocycles. The third-order valence-electron chi connectivity index (χ3n) is 2.98. The van der Waals surface area contributed by atoms with Crippen LogP contribution in [0.25, 0.3) is 0 Å². The highest BCUT2D eigenvalue weighted by molar-refractivity contribution is 7.13. The fraction of sp³-hybridized carbons (Fsp3) is 0.727. The van der Waals surface area contributed by atoms with Crippen molar-refractivity contribution in [2.24, 2.45) is 5.92 Å². The minimum absolute atomic E-state index is 0.854. The van der Waals surface area contributed by atoms with E-state index in [1.165, 1.54) is 31.1 Å². The van der Waals surface area contributed by atoms with Gasteiger partial charge in [-0.2, -0.15) is 0 Å². The summed E-state index contributed by atoms with van der Waals surface area (Å²) in [5.41, 5.74) is 1.15. The zero-order valence-electron chi connectivity index (χ0n) is 9.49. The first-order valence-corrected chi connectivity index (χ1v) is 6.49. The van der Waals surface area contributed by atoms with E-state index in [0.717, 1.165) is 18.2 Å². The molecule has 0 aromatic carbocycles. The fourth-order valence-electron chi connectivity index (χ4n) is 2.10. The Bertz CT molecular complexity index is 303. The van der Waals surface area contributed by atoms with Gasteiger partial charge in [-0.3, -0.25) is 0 Å². The Kier molecular flexibility index (Phi) is 3.59. The van der Waals surface area contributed by atoms with E-state index in [2.05, 4.69) is 27.5 Å². The van der Waals surface area contributed by atoms with Gasteiger partial charge in [0.05, 0.1) is 5.69 Å². The Morgan fingerprint density at radius 2 is 2.27 bits per heavy atom. The number of aryl methyl sites for hydroxylation is 1. The predicted octanol–water partition coefficient (Wildman–Crippen LogP) is 1.89. The summed E-state index contributed by atoms with van der Waals surface area (Å²) >= 11 is 1.77. The van der Waals surface area contributed by atoms with Gasteiger partial charge in [0.25, 0.3) is 0 Å². The van der Waals surface area contributed by atoms with Crippen LogP contribution in [0.1, 0.15) is 18.5 Å². The molecule has 1 saturated heterocycles. The normalized spacial score (nSPS) is 18.4. The van der Waals surface area contributed by atoms with Gasteiger partial charge in [0, 0.05) is 18.5 Å². The lowest BCUT2D eigenvalue weighted by molar-refractivity contribution is 0.393. The molecule has 1 aromatic heterocycles. The molecule has 2 rings (SSSR count). The molecule has 0 atom stereocenters. The monoisotopic (exact) mass is 225 g/mol. The highest BCUT2D eigenvalue weighted by Crippen LogP contribution is 2.25. The first-order chi connectivity index (χ1) is 7.29. The van der Waals surface area contributed by atoms with Gasteiger partial charge in [-0.1, -0.05) is 0 Å². The van der Waals surface area contributed by atoms with Crippen LogP contribution in [0.5, 0.6) is 0 Å². The van der Waals surface area contributed by atoms with Crippen LogP contribution in [0, 0.1) is 12.8 Å². The van der Waals surface area contributed by atoms with E-state index in [-0.39, 0.29) is 0 Å². The molecule has 1 N–H and O–H groups in total. The first kappa shape index (κ1) is 10.9. The van der Waals surface area contributed by atoms with E-state index >= 15 is 0 Å². The van der Waals surface area contributed by atoms with Gasteiger partial charge in [-0.15, -0.1) is 11.3 Å². The molecule has 1 aromatic rings. The van der Waals surface area contributed by atoms with Gasteiger partial charge in [0.15, 0.2) is 5.13 Å². The second-order valence-corrected chi connectivity index (χ2v) is 5.10. The molecule has 84 valence electrons. The van der Waals surface area contributed by atoms with Gasteiger partial charge in [0.2, 0.25) is 0 Å². The minimum atomic E-state index is 0.854. The molecule has 0 spiro atoms. The van der Waals surface area contributed by atoms with Crippen LogP contribution in [0.3, 0.4) is 0 Å². The summed E-state index contributed by atoms with van der Waals surface area (Å²) in [4.78, 5) is 6.95. The smallest absolute Gasteiger partial charge is 0.185 e. The number of thiazole rings is 1. The Hall–Kier alpha value is -0.610. The third-order valence-corrected chi connectivity index (χ3v) is 4.00. The van der Waals surface area contributed by atoms with E-state index in [4.69, 9.17) is 0 Å². The number of anilines is 1. The predicted molar refractivity (Wildman–Crippen MR) is 65.7 cm³/mol. The van der Waals surface area contributed by atoms with Crippen molar-refractivity contribution >= 4 is 16.5 Å². The summed E-state index contributed by atoms with van der Waals surface area (Å²) in [6.45, 7) is 5.55. The molecule has 1 fully saturated rings. The standard InChI is InChI=1S/C11H19N3S/c1-9-8-15-11(13-9)14-5-3-10(4-6-14)7-12-2/h8,10,12H,3-7H2,1-2H3. The van der Waals surface area contributed by atoms with Gasteiger partial charge in [-0.25, -0.2) is 4.98 Å². The van der Waals surface area contributed by atoms with Crippen LogP contribution in [0.2, 0.25) is 0 Å². The highest BCUT2D eigenvalue weighted by Gasteiger charge is 2.20. The Morgan fingerprint density at radius 1 is 1.53 bits per heavy atom. The van der Waals surface area contributed by atoms with Crippen LogP contribution in [0.4, 0.5) is 5.13 Å². The van der Waals surface area contributed by atoms with E-state index < -0.39 is 0 Å². The summed E-state index contributed by atoms with van der Waals surface area (Å²) in [6, 6.07) is 0. The summed E-state index contributed by atoms with van der Waals surface area (Å²) in [7, 11) is 2.04. The van der Waals surface area contributed by atoms with Crippen molar-refractivity contribution in [3.05, 3.63) is 11.1 Å². The molecule has 0 bridgehead atoms. The Morgan fingerprint density at radius 3 is 2.80 bits per heavy atom. The quantitative estimate of drug-likeness (QED) is 0.851. The Labute approximate surface area is 95.5 Å². The van der Waals surface area contributed by atoms with Crippen LogP contribution in [0.15, 0.2) is 5.38 Å². The maximum Gasteiger partial charge on any atom is 0.185 e. The molecule has 4 heteroatoms. The maximum atomic E-state index is 4.53. The Balaban J connectivity index is 1.88. The highest BCUT2D eigenvalue weighted by atomic mass is 32.1. The lowest BCUT2D eigenvalue weighted by atomic mass is 9.97. The van der Waals surface area contributed by atoms with Crippen molar-refractivity contribution in [3.63, 3.8) is 0 Å². The zero-order chi connectivity index (χ0) is 10.7. The van der Waals surface area contributed by atoms with Crippen molar-refractivity contribution < 1.29 is 0 Å². The maximum absolute atomic E-state index is 4.53. The van der Waals surface area contributed by atoms with E-state index in [0.29, 0.717) is 0 Å². The van der Waals surface area contributed by atoms with Crippen molar-refractivity contribution in [2.75, 3.05) is 31.6 Å². The van der Waals surface area contributed by atoms with E-state index in [1.807, 2.05) is 7.05 Å². The average Bonchev–Trinajstić information content (AvgIpc) is 2.67. The summed E-state index contributed by atoms with van der Waals surface area (Å²) in [6.07, 6.45) is 2.58. The molecule has 0 aliphatic carbocycles. The molecule has 1 aliphatic rings. The molecule has 2 heterocycles. The number of nitrogens with one attached hydrogen (secondary N) is 1. The molecule has 0 amide bonds. The van der Waals surface area contributed by atoms with Crippen LogP contribution in [-0.2, 0) is 0 Å². The minimum Gasteiger partial charge on any atom is -0.348 e. The van der Waals surface area contributed by atoms with Crippen LogP contribution >= 0.6 is 11.3 Å². The molecule has 0 unspecified atom stereocenters. The molecule has 1 aliphatic heterocycles. The second-order valence-electron chi connectivity index (χ2n) is 4.26.